The summed E-state index contributed by atoms with van der Waals surface area (Å²) < 4.78 is 0. The van der Waals surface area contributed by atoms with Crippen LogP contribution < -0.4 is 10.7 Å². The smallest absolute Gasteiger partial charge is 0.181 e. The van der Waals surface area contributed by atoms with Crippen LogP contribution in [0, 0.1) is 25.0 Å². The second-order valence-corrected chi connectivity index (χ2v) is 8.22. The van der Waals surface area contributed by atoms with Crippen molar-refractivity contribution in [3.63, 3.8) is 0 Å². The SMILES string of the molecule is [C-]#[N+]/N=c1\c2cc(-c3ccc(C)cc3)ccc2c2cc3c(=NC#N)c4ccccc4c3cc12. The maximum atomic E-state index is 9.31. The van der Waals surface area contributed by atoms with Gasteiger partial charge in [-0.15, -0.1) is 4.95 Å². The summed E-state index contributed by atoms with van der Waals surface area (Å²) in [5, 5.41) is 22.8. The molecule has 0 atom stereocenters. The Labute approximate surface area is 189 Å². The van der Waals surface area contributed by atoms with Crippen LogP contribution in [0.25, 0.3) is 59.2 Å². The largest absolute Gasteiger partial charge is 0.206 e. The van der Waals surface area contributed by atoms with E-state index in [1.165, 1.54) is 5.56 Å². The van der Waals surface area contributed by atoms with E-state index in [2.05, 4.69) is 76.6 Å². The summed E-state index contributed by atoms with van der Waals surface area (Å²) in [5.74, 6) is 0. The van der Waals surface area contributed by atoms with Crippen molar-refractivity contribution in [1.29, 1.82) is 5.26 Å². The van der Waals surface area contributed by atoms with E-state index < -0.39 is 0 Å². The highest BCUT2D eigenvalue weighted by atomic mass is 15.2. The third-order valence-electron chi connectivity index (χ3n) is 6.40. The number of hydrogen-bond donors (Lipinski definition) is 0. The fourth-order valence-electron chi connectivity index (χ4n) is 4.88. The minimum atomic E-state index is 0.690. The Kier molecular flexibility index (Phi) is 4.09. The second kappa shape index (κ2) is 7.12. The molecule has 0 radical (unpaired) electrons. The zero-order valence-corrected chi connectivity index (χ0v) is 17.8. The van der Waals surface area contributed by atoms with Crippen molar-refractivity contribution in [1.82, 2.24) is 0 Å². The van der Waals surface area contributed by atoms with Crippen molar-refractivity contribution in [2.75, 3.05) is 0 Å². The molecule has 4 nitrogen and oxygen atoms in total. The number of fused-ring (bicyclic) bond motifs is 6. The molecule has 0 spiro atoms. The minimum absolute atomic E-state index is 0.690. The fourth-order valence-corrected chi connectivity index (χ4v) is 4.88. The molecule has 6 aromatic rings. The number of nitrogens with zero attached hydrogens (tertiary/aromatic N) is 4. The lowest BCUT2D eigenvalue weighted by molar-refractivity contribution is 1.37. The first-order valence-corrected chi connectivity index (χ1v) is 10.6. The van der Waals surface area contributed by atoms with Crippen LogP contribution >= 0.6 is 0 Å². The van der Waals surface area contributed by atoms with Gasteiger partial charge in [0.05, 0.1) is 10.5 Å². The second-order valence-electron chi connectivity index (χ2n) is 8.22. The molecule has 0 N–H and O–H groups in total. The zero-order chi connectivity index (χ0) is 22.5. The molecule has 0 amide bonds. The molecule has 0 aliphatic heterocycles. The van der Waals surface area contributed by atoms with Gasteiger partial charge in [-0.05, 0) is 57.8 Å². The normalized spacial score (nSPS) is 12.7. The van der Waals surface area contributed by atoms with Gasteiger partial charge in [0.15, 0.2) is 5.36 Å². The number of nitriles is 1. The van der Waals surface area contributed by atoms with Gasteiger partial charge in [0.1, 0.15) is 0 Å². The van der Waals surface area contributed by atoms with E-state index in [0.717, 1.165) is 54.2 Å². The van der Waals surface area contributed by atoms with E-state index in [1.807, 2.05) is 30.5 Å². The van der Waals surface area contributed by atoms with Crippen LogP contribution in [0.2, 0.25) is 0 Å². The molecule has 0 aliphatic carbocycles. The van der Waals surface area contributed by atoms with Crippen molar-refractivity contribution < 1.29 is 0 Å². The van der Waals surface area contributed by atoms with Gasteiger partial charge in [-0.3, -0.25) is 0 Å². The van der Waals surface area contributed by atoms with E-state index in [9.17, 15) is 5.26 Å². The molecule has 6 rings (SSSR count). The van der Waals surface area contributed by atoms with Crippen LogP contribution in [-0.2, 0) is 0 Å². The average Bonchev–Trinajstić information content (AvgIpc) is 3.31. The van der Waals surface area contributed by atoms with Crippen LogP contribution in [0.1, 0.15) is 5.56 Å². The van der Waals surface area contributed by atoms with Crippen molar-refractivity contribution in [3.8, 4) is 17.3 Å². The summed E-state index contributed by atoms with van der Waals surface area (Å²) in [6.07, 6.45) is 1.96. The molecule has 152 valence electrons. The lowest BCUT2D eigenvalue weighted by Gasteiger charge is -2.03. The highest BCUT2D eigenvalue weighted by Crippen LogP contribution is 2.33. The number of rotatable bonds is 1. The Balaban J connectivity index is 1.77. The lowest BCUT2D eigenvalue weighted by atomic mass is 10.0. The van der Waals surface area contributed by atoms with Gasteiger partial charge in [-0.2, -0.15) is 16.8 Å². The molecule has 0 bridgehead atoms. The maximum Gasteiger partial charge on any atom is 0.206 e. The third-order valence-corrected chi connectivity index (χ3v) is 6.40. The van der Waals surface area contributed by atoms with E-state index in [-0.39, 0.29) is 0 Å². The Morgan fingerprint density at radius 2 is 1.27 bits per heavy atom. The average molecular weight is 420 g/mol. The molecule has 33 heavy (non-hydrogen) atoms. The number of benzene rings is 4. The van der Waals surface area contributed by atoms with E-state index >= 15 is 0 Å². The first-order chi connectivity index (χ1) is 16.2. The quantitative estimate of drug-likeness (QED) is 0.176. The standard InChI is InChI=1S/C29H16N4/c1-17-7-9-18(10-8-17)19-11-12-21-24-14-26-23(15-27(24)29(33-31-2)25(21)13-19)20-5-3-4-6-22(20)28(26)32-16-30/h3-15H,1H3/b32-28?,33-29+. The molecule has 0 saturated heterocycles. The monoisotopic (exact) mass is 420 g/mol. The molecular formula is C29H16N4. The predicted octanol–water partition coefficient (Wildman–Crippen LogP) is 6.27. The molecule has 4 heteroatoms. The van der Waals surface area contributed by atoms with Gasteiger partial charge in [-0.1, -0.05) is 66.2 Å². The van der Waals surface area contributed by atoms with Crippen molar-refractivity contribution in [2.24, 2.45) is 10.1 Å². The minimum Gasteiger partial charge on any atom is -0.181 e. The molecular weight excluding hydrogens is 404 g/mol. The van der Waals surface area contributed by atoms with E-state index in [0.29, 0.717) is 10.7 Å². The lowest BCUT2D eigenvalue weighted by Crippen LogP contribution is -1.98. The number of hydrogen-bond acceptors (Lipinski definition) is 3. The summed E-state index contributed by atoms with van der Waals surface area (Å²) in [7, 11) is 0. The van der Waals surface area contributed by atoms with Gasteiger partial charge in [0.25, 0.3) is 0 Å². The van der Waals surface area contributed by atoms with Gasteiger partial charge in [-0.25, -0.2) is 0 Å². The highest BCUT2D eigenvalue weighted by molar-refractivity contribution is 6.21. The van der Waals surface area contributed by atoms with E-state index in [4.69, 9.17) is 6.57 Å². The van der Waals surface area contributed by atoms with Crippen LogP contribution in [0.4, 0.5) is 0 Å². The van der Waals surface area contributed by atoms with Gasteiger partial charge in [0, 0.05) is 21.5 Å². The van der Waals surface area contributed by atoms with Gasteiger partial charge >= 0.3 is 0 Å². The Morgan fingerprint density at radius 3 is 1.97 bits per heavy atom. The predicted molar refractivity (Wildman–Crippen MR) is 132 cm³/mol. The van der Waals surface area contributed by atoms with Crippen LogP contribution in [-0.4, -0.2) is 0 Å². The molecule has 0 unspecified atom stereocenters. The van der Waals surface area contributed by atoms with Gasteiger partial charge in [0.2, 0.25) is 6.19 Å². The zero-order valence-electron chi connectivity index (χ0n) is 17.8. The summed E-state index contributed by atoms with van der Waals surface area (Å²) in [6.45, 7) is 9.51. The molecule has 6 aromatic carbocycles. The maximum absolute atomic E-state index is 9.31. The molecule has 0 saturated carbocycles. The highest BCUT2D eigenvalue weighted by Gasteiger charge is 2.16. The summed E-state index contributed by atoms with van der Waals surface area (Å²) in [6, 6.07) is 26.9. The van der Waals surface area contributed by atoms with Gasteiger partial charge < -0.3 is 0 Å². The molecule has 0 aliphatic rings. The van der Waals surface area contributed by atoms with Crippen molar-refractivity contribution in [3.05, 3.63) is 107 Å². The fraction of sp³-hybridized carbons (Fsp3) is 0.0345. The summed E-state index contributed by atoms with van der Waals surface area (Å²) in [5.41, 5.74) is 3.43. The van der Waals surface area contributed by atoms with Crippen LogP contribution in [0.5, 0.6) is 0 Å². The Bertz CT molecular complexity index is 1940. The molecule has 0 aromatic heterocycles. The van der Waals surface area contributed by atoms with Crippen LogP contribution in [0.15, 0.2) is 89.0 Å². The number of aryl methyl sites for hydroxylation is 1. The third kappa shape index (κ3) is 2.75. The van der Waals surface area contributed by atoms with Crippen molar-refractivity contribution >= 4 is 43.1 Å². The Morgan fingerprint density at radius 1 is 0.667 bits per heavy atom. The molecule has 0 fully saturated rings. The van der Waals surface area contributed by atoms with Crippen LogP contribution in [0.3, 0.4) is 0 Å². The topological polar surface area (TPSA) is 52.9 Å². The van der Waals surface area contributed by atoms with E-state index in [1.54, 1.807) is 0 Å². The first kappa shape index (κ1) is 18.9. The summed E-state index contributed by atoms with van der Waals surface area (Å²) >= 11 is 0. The molecule has 0 heterocycles. The van der Waals surface area contributed by atoms with Crippen molar-refractivity contribution in [2.45, 2.75) is 6.92 Å². The first-order valence-electron chi connectivity index (χ1n) is 10.6. The Hall–Kier alpha value is -4.80. The summed E-state index contributed by atoms with van der Waals surface area (Å²) in [4.78, 5) is 7.53.